The van der Waals surface area contributed by atoms with Crippen LogP contribution in [0, 0.1) is 0 Å². The highest BCUT2D eigenvalue weighted by Gasteiger charge is 2.26. The van der Waals surface area contributed by atoms with Crippen molar-refractivity contribution in [1.82, 2.24) is 5.32 Å². The first-order valence-electron chi connectivity index (χ1n) is 5.05. The molecule has 1 aromatic rings. The Morgan fingerprint density at radius 2 is 1.94 bits per heavy atom. The van der Waals surface area contributed by atoms with E-state index in [1.807, 2.05) is 0 Å². The van der Waals surface area contributed by atoms with Gasteiger partial charge in [-0.2, -0.15) is 0 Å². The Balaban J connectivity index is 2.29. The topological polar surface area (TPSA) is 75.3 Å². The molecule has 1 heterocycles. The fourth-order valence-corrected chi connectivity index (χ4v) is 1.58. The van der Waals surface area contributed by atoms with Crippen LogP contribution >= 0.6 is 0 Å². The molecule has 0 fully saturated rings. The molecule has 86 valence electrons. The SMILES string of the molecule is CC=CC(=O)Nc1ccc2c(c1)C(=O)NC2=O. The van der Waals surface area contributed by atoms with Crippen molar-refractivity contribution in [3.05, 3.63) is 41.5 Å². The number of anilines is 1. The summed E-state index contributed by atoms with van der Waals surface area (Å²) < 4.78 is 0. The van der Waals surface area contributed by atoms with Gasteiger partial charge >= 0.3 is 0 Å². The third-order valence-electron chi connectivity index (χ3n) is 2.32. The average Bonchev–Trinajstić information content (AvgIpc) is 2.55. The van der Waals surface area contributed by atoms with Gasteiger partial charge in [0.15, 0.2) is 0 Å². The van der Waals surface area contributed by atoms with E-state index in [2.05, 4.69) is 10.6 Å². The Morgan fingerprint density at radius 1 is 1.24 bits per heavy atom. The van der Waals surface area contributed by atoms with Gasteiger partial charge in [-0.25, -0.2) is 0 Å². The maximum atomic E-state index is 11.4. The Hall–Kier alpha value is -2.43. The number of hydrogen-bond donors (Lipinski definition) is 2. The van der Waals surface area contributed by atoms with Crippen molar-refractivity contribution < 1.29 is 14.4 Å². The molecular weight excluding hydrogens is 220 g/mol. The van der Waals surface area contributed by atoms with Crippen molar-refractivity contribution in [1.29, 1.82) is 0 Å². The standard InChI is InChI=1S/C12H10N2O3/c1-2-3-10(15)13-7-4-5-8-9(6-7)12(17)14-11(8)16/h2-6H,1H3,(H,13,15)(H,14,16,17). The van der Waals surface area contributed by atoms with Crippen LogP contribution in [0.1, 0.15) is 27.6 Å². The van der Waals surface area contributed by atoms with Gasteiger partial charge in [-0.1, -0.05) is 6.08 Å². The first-order chi connectivity index (χ1) is 8.11. The van der Waals surface area contributed by atoms with Gasteiger partial charge in [0.25, 0.3) is 11.8 Å². The summed E-state index contributed by atoms with van der Waals surface area (Å²) in [5.41, 5.74) is 1.10. The monoisotopic (exact) mass is 230 g/mol. The molecule has 0 bridgehead atoms. The minimum absolute atomic E-state index is 0.280. The predicted molar refractivity (Wildman–Crippen MR) is 61.7 cm³/mol. The summed E-state index contributed by atoms with van der Waals surface area (Å²) in [6.07, 6.45) is 2.98. The molecule has 5 heteroatoms. The predicted octanol–water partition coefficient (Wildman–Crippen LogP) is 1.08. The van der Waals surface area contributed by atoms with Crippen molar-refractivity contribution in [2.45, 2.75) is 6.92 Å². The lowest BCUT2D eigenvalue weighted by Crippen LogP contribution is -2.19. The molecule has 0 saturated carbocycles. The zero-order valence-electron chi connectivity index (χ0n) is 9.11. The van der Waals surface area contributed by atoms with Gasteiger partial charge in [-0.3, -0.25) is 19.7 Å². The quantitative estimate of drug-likeness (QED) is 0.589. The summed E-state index contributed by atoms with van der Waals surface area (Å²) >= 11 is 0. The van der Waals surface area contributed by atoms with Crippen LogP contribution in [0.25, 0.3) is 0 Å². The lowest BCUT2D eigenvalue weighted by Gasteiger charge is -2.03. The number of carbonyl (C=O) groups is 3. The summed E-state index contributed by atoms with van der Waals surface area (Å²) in [6, 6.07) is 4.58. The second kappa shape index (κ2) is 4.21. The summed E-state index contributed by atoms with van der Waals surface area (Å²) in [6.45, 7) is 1.73. The highest BCUT2D eigenvalue weighted by Crippen LogP contribution is 2.20. The molecule has 1 aromatic carbocycles. The fraction of sp³-hybridized carbons (Fsp3) is 0.0833. The van der Waals surface area contributed by atoms with E-state index in [1.165, 1.54) is 18.2 Å². The number of fused-ring (bicyclic) bond motifs is 1. The van der Waals surface area contributed by atoms with Crippen molar-refractivity contribution in [2.24, 2.45) is 0 Å². The lowest BCUT2D eigenvalue weighted by atomic mass is 10.1. The van der Waals surface area contributed by atoms with Crippen LogP contribution in [0.2, 0.25) is 0 Å². The number of rotatable bonds is 2. The van der Waals surface area contributed by atoms with E-state index in [4.69, 9.17) is 0 Å². The van der Waals surface area contributed by atoms with Crippen molar-refractivity contribution >= 4 is 23.4 Å². The van der Waals surface area contributed by atoms with Crippen molar-refractivity contribution in [2.75, 3.05) is 5.32 Å². The van der Waals surface area contributed by atoms with Crippen LogP contribution in [0.5, 0.6) is 0 Å². The molecule has 3 amide bonds. The van der Waals surface area contributed by atoms with Crippen LogP contribution in [0.15, 0.2) is 30.4 Å². The van der Waals surface area contributed by atoms with Crippen LogP contribution < -0.4 is 10.6 Å². The second-order valence-electron chi connectivity index (χ2n) is 3.53. The van der Waals surface area contributed by atoms with Crippen LogP contribution in [-0.4, -0.2) is 17.7 Å². The van der Waals surface area contributed by atoms with Gasteiger partial charge in [-0.15, -0.1) is 0 Å². The van der Waals surface area contributed by atoms with Gasteiger partial charge in [-0.05, 0) is 31.2 Å². The van der Waals surface area contributed by atoms with Gasteiger partial charge in [0, 0.05) is 5.69 Å². The first kappa shape index (κ1) is 11.1. The molecule has 0 radical (unpaired) electrons. The van der Waals surface area contributed by atoms with Gasteiger partial charge in [0.1, 0.15) is 0 Å². The first-order valence-corrected chi connectivity index (χ1v) is 5.05. The number of benzene rings is 1. The molecule has 2 N–H and O–H groups in total. The molecule has 0 unspecified atom stereocenters. The molecule has 0 aromatic heterocycles. The number of hydrogen-bond acceptors (Lipinski definition) is 3. The Bertz CT molecular complexity index is 547. The van der Waals surface area contributed by atoms with Crippen molar-refractivity contribution in [3.8, 4) is 0 Å². The Labute approximate surface area is 97.5 Å². The smallest absolute Gasteiger partial charge is 0.259 e. The molecule has 0 spiro atoms. The van der Waals surface area contributed by atoms with E-state index in [0.29, 0.717) is 11.3 Å². The van der Waals surface area contributed by atoms with Crippen molar-refractivity contribution in [3.63, 3.8) is 0 Å². The van der Waals surface area contributed by atoms with Crippen LogP contribution in [-0.2, 0) is 4.79 Å². The van der Waals surface area contributed by atoms with E-state index < -0.39 is 11.8 Å². The number of allylic oxidation sites excluding steroid dienone is 1. The summed E-state index contributed by atoms with van der Waals surface area (Å²) in [7, 11) is 0. The van der Waals surface area contributed by atoms with E-state index in [-0.39, 0.29) is 11.5 Å². The number of carbonyl (C=O) groups excluding carboxylic acids is 3. The van der Waals surface area contributed by atoms with Crippen LogP contribution in [0.4, 0.5) is 5.69 Å². The van der Waals surface area contributed by atoms with E-state index in [0.717, 1.165) is 0 Å². The Kier molecular flexibility index (Phi) is 2.74. The third-order valence-corrected chi connectivity index (χ3v) is 2.32. The van der Waals surface area contributed by atoms with Gasteiger partial charge in [0.2, 0.25) is 5.91 Å². The average molecular weight is 230 g/mol. The minimum atomic E-state index is -0.438. The third kappa shape index (κ3) is 2.08. The molecule has 0 atom stereocenters. The van der Waals surface area contributed by atoms with Gasteiger partial charge < -0.3 is 5.32 Å². The highest BCUT2D eigenvalue weighted by molar-refractivity contribution is 6.22. The maximum Gasteiger partial charge on any atom is 0.259 e. The van der Waals surface area contributed by atoms with E-state index in [9.17, 15) is 14.4 Å². The molecule has 1 aliphatic rings. The molecular formula is C12H10N2O3. The number of amides is 3. The molecule has 0 aliphatic carbocycles. The normalized spacial score (nSPS) is 13.7. The summed E-state index contributed by atoms with van der Waals surface area (Å²) in [5.74, 6) is -1.12. The fourth-order valence-electron chi connectivity index (χ4n) is 1.58. The maximum absolute atomic E-state index is 11.4. The van der Waals surface area contributed by atoms with E-state index >= 15 is 0 Å². The highest BCUT2D eigenvalue weighted by atomic mass is 16.2. The molecule has 17 heavy (non-hydrogen) atoms. The number of nitrogens with one attached hydrogen (secondary N) is 2. The summed E-state index contributed by atoms with van der Waals surface area (Å²) in [4.78, 5) is 34.0. The Morgan fingerprint density at radius 3 is 2.65 bits per heavy atom. The molecule has 1 aliphatic heterocycles. The molecule has 5 nitrogen and oxygen atoms in total. The second-order valence-corrected chi connectivity index (χ2v) is 3.53. The molecule has 0 saturated heterocycles. The summed E-state index contributed by atoms with van der Waals surface area (Å²) in [5, 5.41) is 4.77. The van der Waals surface area contributed by atoms with Gasteiger partial charge in [0.05, 0.1) is 11.1 Å². The van der Waals surface area contributed by atoms with E-state index in [1.54, 1.807) is 19.1 Å². The zero-order valence-corrected chi connectivity index (χ0v) is 9.11. The lowest BCUT2D eigenvalue weighted by molar-refractivity contribution is -0.111. The molecule has 2 rings (SSSR count). The zero-order chi connectivity index (χ0) is 12.4. The number of imide groups is 1. The van der Waals surface area contributed by atoms with Crippen LogP contribution in [0.3, 0.4) is 0 Å². The minimum Gasteiger partial charge on any atom is -0.322 e. The largest absolute Gasteiger partial charge is 0.322 e.